The van der Waals surface area contributed by atoms with E-state index in [0.717, 1.165) is 24.6 Å². The maximum Gasteiger partial charge on any atom is 0.326 e. The van der Waals surface area contributed by atoms with Crippen molar-refractivity contribution in [3.05, 3.63) is 66.7 Å². The Kier molecular flexibility index (Phi) is 17.6. The number of rotatable bonds is 18. The summed E-state index contributed by atoms with van der Waals surface area (Å²) in [6, 6.07) is 6.23. The second-order valence-electron chi connectivity index (χ2n) is 16.1. The second kappa shape index (κ2) is 22.3. The van der Waals surface area contributed by atoms with Gasteiger partial charge in [0, 0.05) is 24.9 Å². The maximum absolute atomic E-state index is 14.6. The Morgan fingerprint density at radius 2 is 1.52 bits per heavy atom. The molecule has 1 fully saturated rings. The molecule has 6 N–H and O–H groups in total. The van der Waals surface area contributed by atoms with Crippen LogP contribution in [0.2, 0.25) is 0 Å². The Labute approximate surface area is 356 Å². The van der Waals surface area contributed by atoms with Gasteiger partial charge in [-0.2, -0.15) is 0 Å². The molecule has 0 aliphatic heterocycles. The number of carbonyl (C=O) groups is 7. The van der Waals surface area contributed by atoms with Crippen LogP contribution in [0.5, 0.6) is 0 Å². The number of nitrogens with zero attached hydrogens (tertiary/aromatic N) is 3. The van der Waals surface area contributed by atoms with E-state index in [1.54, 1.807) is 49.8 Å². The highest BCUT2D eigenvalue weighted by Crippen LogP contribution is 2.28. The first kappa shape index (κ1) is 48.1. The molecule has 0 saturated heterocycles. The van der Waals surface area contributed by atoms with Gasteiger partial charge in [-0.25, -0.2) is 23.0 Å². The van der Waals surface area contributed by atoms with Crippen molar-refractivity contribution in [2.75, 3.05) is 0 Å². The Hall–Kier alpha value is -5.62. The highest BCUT2D eigenvalue weighted by atomic mass is 32.2. The Balaban J connectivity index is 1.65. The molecule has 330 valence electrons. The zero-order chi connectivity index (χ0) is 44.9. The van der Waals surface area contributed by atoms with Gasteiger partial charge in [0.1, 0.15) is 23.8 Å². The van der Waals surface area contributed by atoms with E-state index in [4.69, 9.17) is 5.73 Å². The number of aromatic nitrogens is 2. The number of imide groups is 3. The molecule has 1 unspecified atom stereocenters. The van der Waals surface area contributed by atoms with Crippen LogP contribution in [0.1, 0.15) is 109 Å². The summed E-state index contributed by atoms with van der Waals surface area (Å²) < 4.78 is 28.5. The van der Waals surface area contributed by atoms with Gasteiger partial charge < -0.3 is 21.7 Å². The SMILES string of the molecule is CCC(N)CC(=O)N(C(=O)C(=O)NS(=O)(=O)c1ccc2ccccc2c1)C(=O)[C@H](CC1CCCCC1)NC(=O)[C@@H](NC(=O)[C@H](CC(C)C)NC(=O)c1cnccn1)[C@@H](C)CC. The molecule has 5 atom stereocenters. The van der Waals surface area contributed by atoms with Crippen molar-refractivity contribution in [2.45, 2.75) is 128 Å². The largest absolute Gasteiger partial charge is 0.342 e. The first-order valence-corrected chi connectivity index (χ1v) is 22.3. The van der Waals surface area contributed by atoms with Crippen LogP contribution in [0.4, 0.5) is 0 Å². The van der Waals surface area contributed by atoms with Crippen molar-refractivity contribution in [1.82, 2.24) is 35.5 Å². The number of hydrogen-bond donors (Lipinski definition) is 5. The fourth-order valence-electron chi connectivity index (χ4n) is 7.16. The molecule has 61 heavy (non-hydrogen) atoms. The Morgan fingerprint density at radius 3 is 2.15 bits per heavy atom. The molecule has 1 saturated carbocycles. The zero-order valence-electron chi connectivity index (χ0n) is 35.4. The third-order valence-electron chi connectivity index (χ3n) is 10.9. The van der Waals surface area contributed by atoms with E-state index in [-0.39, 0.29) is 46.6 Å². The van der Waals surface area contributed by atoms with E-state index >= 15 is 0 Å². The average Bonchev–Trinajstić information content (AvgIpc) is 3.24. The summed E-state index contributed by atoms with van der Waals surface area (Å²) >= 11 is 0. The predicted octanol–water partition coefficient (Wildman–Crippen LogP) is 3.27. The van der Waals surface area contributed by atoms with Crippen LogP contribution in [0.15, 0.2) is 66.0 Å². The van der Waals surface area contributed by atoms with Crippen LogP contribution in [0, 0.1) is 17.8 Å². The molecule has 17 nitrogen and oxygen atoms in total. The summed E-state index contributed by atoms with van der Waals surface area (Å²) in [5.41, 5.74) is 6.04. The van der Waals surface area contributed by atoms with Crippen LogP contribution in [0.25, 0.3) is 10.8 Å². The summed E-state index contributed by atoms with van der Waals surface area (Å²) in [6.45, 7) is 8.90. The molecule has 7 amide bonds. The van der Waals surface area contributed by atoms with Crippen molar-refractivity contribution in [1.29, 1.82) is 0 Å². The van der Waals surface area contributed by atoms with Crippen LogP contribution in [-0.4, -0.2) is 88.8 Å². The topological polar surface area (TPSA) is 257 Å². The van der Waals surface area contributed by atoms with E-state index in [0.29, 0.717) is 24.6 Å². The molecule has 2 aromatic carbocycles. The van der Waals surface area contributed by atoms with E-state index in [1.165, 1.54) is 36.8 Å². The van der Waals surface area contributed by atoms with Crippen molar-refractivity contribution in [3.63, 3.8) is 0 Å². The summed E-state index contributed by atoms with van der Waals surface area (Å²) in [5, 5.41) is 9.37. The lowest BCUT2D eigenvalue weighted by Crippen LogP contribution is -2.61. The highest BCUT2D eigenvalue weighted by Gasteiger charge is 2.41. The molecule has 1 aliphatic rings. The summed E-state index contributed by atoms with van der Waals surface area (Å²) in [4.78, 5) is 105. The number of nitrogens with one attached hydrogen (secondary N) is 4. The minimum atomic E-state index is -4.68. The number of hydrogen-bond acceptors (Lipinski definition) is 12. The summed E-state index contributed by atoms with van der Waals surface area (Å²) in [7, 11) is -4.68. The van der Waals surface area contributed by atoms with Crippen LogP contribution >= 0.6 is 0 Å². The van der Waals surface area contributed by atoms with Crippen molar-refractivity contribution in [3.8, 4) is 0 Å². The zero-order valence-corrected chi connectivity index (χ0v) is 36.2. The number of amides is 7. The lowest BCUT2D eigenvalue weighted by molar-refractivity contribution is -0.160. The quantitative estimate of drug-likeness (QED) is 0.116. The van der Waals surface area contributed by atoms with Gasteiger partial charge in [0.15, 0.2) is 0 Å². The van der Waals surface area contributed by atoms with Gasteiger partial charge >= 0.3 is 11.8 Å². The normalized spacial score (nSPS) is 15.7. The van der Waals surface area contributed by atoms with Crippen LogP contribution in [-0.2, 0) is 38.8 Å². The van der Waals surface area contributed by atoms with E-state index in [2.05, 4.69) is 25.9 Å². The molecule has 18 heteroatoms. The van der Waals surface area contributed by atoms with Crippen LogP contribution < -0.4 is 26.4 Å². The van der Waals surface area contributed by atoms with Gasteiger partial charge in [-0.1, -0.05) is 103 Å². The number of nitrogens with two attached hydrogens (primary N) is 1. The highest BCUT2D eigenvalue weighted by molar-refractivity contribution is 7.90. The molecular formula is C43H58N8O9S. The third-order valence-corrected chi connectivity index (χ3v) is 12.2. The molecule has 3 aromatic rings. The average molecular weight is 863 g/mol. The number of carbonyl (C=O) groups excluding carboxylic acids is 7. The molecule has 1 aromatic heterocycles. The van der Waals surface area contributed by atoms with Gasteiger partial charge in [0.05, 0.1) is 11.1 Å². The van der Waals surface area contributed by atoms with Crippen LogP contribution in [0.3, 0.4) is 0 Å². The lowest BCUT2D eigenvalue weighted by Gasteiger charge is -2.32. The maximum atomic E-state index is 14.6. The first-order chi connectivity index (χ1) is 28.9. The van der Waals surface area contributed by atoms with Gasteiger partial charge in [-0.05, 0) is 59.9 Å². The first-order valence-electron chi connectivity index (χ1n) is 20.8. The smallest absolute Gasteiger partial charge is 0.326 e. The molecule has 1 heterocycles. The molecule has 0 bridgehead atoms. The Bertz CT molecular complexity index is 2160. The van der Waals surface area contributed by atoms with E-state index < -0.39 is 87.9 Å². The third kappa shape index (κ3) is 13.4. The van der Waals surface area contributed by atoms with Gasteiger partial charge in [0.2, 0.25) is 17.7 Å². The number of benzene rings is 2. The number of fused-ring (bicyclic) bond motifs is 1. The second-order valence-corrected chi connectivity index (χ2v) is 17.8. The van der Waals surface area contributed by atoms with Crippen molar-refractivity contribution in [2.24, 2.45) is 23.5 Å². The summed E-state index contributed by atoms with van der Waals surface area (Å²) in [5.74, 6) is -8.79. The molecule has 1 aliphatic carbocycles. The summed E-state index contributed by atoms with van der Waals surface area (Å²) in [6.07, 6.45) is 8.26. The van der Waals surface area contributed by atoms with Gasteiger partial charge in [-0.15, -0.1) is 0 Å². The lowest BCUT2D eigenvalue weighted by atomic mass is 9.84. The standard InChI is InChI=1S/C43H58N8O9S/c1-6-27(5)37(49-38(53)33(21-26(3)4)47-39(54)35-25-45-19-20-46-35)40(55)48-34(22-28-13-9-8-10-14-28)42(57)51(36(52)24-31(44)7-2)43(58)41(56)50-61(59,60)32-18-17-29-15-11-12-16-30(29)23-32/h11-12,15-20,23,25-28,31,33-34,37H,6-10,13-14,21-22,24,44H2,1-5H3,(H,47,54)(H,48,55)(H,49,53)(H,50,56)/t27-,31?,33-,34-,37-/m0/s1. The van der Waals surface area contributed by atoms with Gasteiger partial charge in [0.25, 0.3) is 21.8 Å². The minimum absolute atomic E-state index is 0.0159. The molecule has 0 spiro atoms. The van der Waals surface area contributed by atoms with Crippen molar-refractivity contribution < 1.29 is 42.0 Å². The molecular weight excluding hydrogens is 805 g/mol. The fourth-order valence-corrected chi connectivity index (χ4v) is 8.14. The minimum Gasteiger partial charge on any atom is -0.342 e. The Morgan fingerprint density at radius 1 is 0.836 bits per heavy atom. The predicted molar refractivity (Wildman–Crippen MR) is 226 cm³/mol. The van der Waals surface area contributed by atoms with E-state index in [1.807, 2.05) is 13.8 Å². The van der Waals surface area contributed by atoms with Gasteiger partial charge in [-0.3, -0.25) is 38.5 Å². The van der Waals surface area contributed by atoms with E-state index in [9.17, 15) is 42.0 Å². The fraction of sp³-hybridized carbons (Fsp3) is 0.512. The molecule has 0 radical (unpaired) electrons. The number of sulfonamides is 1. The molecule has 4 rings (SSSR count). The monoisotopic (exact) mass is 862 g/mol. The van der Waals surface area contributed by atoms with Crippen molar-refractivity contribution >= 4 is 62.1 Å².